The Morgan fingerprint density at radius 2 is 1.86 bits per heavy atom. The quantitative estimate of drug-likeness (QED) is 0.832. The zero-order valence-electron chi connectivity index (χ0n) is 14.3. The summed E-state index contributed by atoms with van der Waals surface area (Å²) in [6.45, 7) is 4.97. The predicted octanol–water partition coefficient (Wildman–Crippen LogP) is 1.89. The summed E-state index contributed by atoms with van der Waals surface area (Å²) in [5.74, 6) is 1.36. The number of aliphatic hydroxyl groups excluding tert-OH is 1. The van der Waals surface area contributed by atoms with Crippen molar-refractivity contribution in [3.63, 3.8) is 0 Å². The fourth-order valence-corrected chi connectivity index (χ4v) is 4.93. The van der Waals surface area contributed by atoms with Crippen molar-refractivity contribution >= 4 is 0 Å². The van der Waals surface area contributed by atoms with Crippen molar-refractivity contribution in [3.8, 4) is 0 Å². The van der Waals surface area contributed by atoms with Gasteiger partial charge in [-0.05, 0) is 38.8 Å². The number of hydrogen-bond donors (Lipinski definition) is 2. The monoisotopic (exact) mass is 309 g/mol. The molecule has 2 saturated heterocycles. The van der Waals surface area contributed by atoms with Gasteiger partial charge in [0.25, 0.3) is 0 Å². The lowest BCUT2D eigenvalue weighted by molar-refractivity contribution is -0.0224. The summed E-state index contributed by atoms with van der Waals surface area (Å²) in [6.07, 6.45) is 11.4. The van der Waals surface area contributed by atoms with Gasteiger partial charge in [0.1, 0.15) is 0 Å². The molecule has 3 aliphatic rings. The Kier molecular flexibility index (Phi) is 6.14. The van der Waals surface area contributed by atoms with Gasteiger partial charge in [-0.25, -0.2) is 0 Å². The summed E-state index contributed by atoms with van der Waals surface area (Å²) in [5.41, 5.74) is 0. The third-order valence-corrected chi connectivity index (χ3v) is 6.21. The Bertz CT molecular complexity index is 332. The second-order valence-corrected chi connectivity index (χ2v) is 7.88. The lowest BCUT2D eigenvalue weighted by Gasteiger charge is -2.49. The van der Waals surface area contributed by atoms with E-state index in [-0.39, 0.29) is 0 Å². The van der Waals surface area contributed by atoms with Crippen LogP contribution in [0.3, 0.4) is 0 Å². The van der Waals surface area contributed by atoms with E-state index in [1.54, 1.807) is 0 Å². The van der Waals surface area contributed by atoms with Crippen LogP contribution in [0.1, 0.15) is 51.4 Å². The molecule has 0 aromatic heterocycles. The highest BCUT2D eigenvalue weighted by Gasteiger charge is 2.37. The van der Waals surface area contributed by atoms with Gasteiger partial charge in [0.15, 0.2) is 0 Å². The molecule has 4 heteroatoms. The first kappa shape index (κ1) is 16.7. The van der Waals surface area contributed by atoms with Crippen molar-refractivity contribution in [2.24, 2.45) is 11.8 Å². The molecule has 1 saturated carbocycles. The Hall–Kier alpha value is -0.160. The first-order chi connectivity index (χ1) is 10.8. The van der Waals surface area contributed by atoms with Gasteiger partial charge in [0, 0.05) is 38.2 Å². The van der Waals surface area contributed by atoms with Crippen LogP contribution in [0.4, 0.5) is 0 Å². The van der Waals surface area contributed by atoms with Crippen molar-refractivity contribution in [2.75, 3.05) is 39.8 Å². The average Bonchev–Trinajstić information content (AvgIpc) is 2.56. The van der Waals surface area contributed by atoms with E-state index < -0.39 is 0 Å². The molecule has 0 amide bonds. The van der Waals surface area contributed by atoms with Gasteiger partial charge in [-0.15, -0.1) is 0 Å². The number of hydrogen-bond acceptors (Lipinski definition) is 4. The lowest BCUT2D eigenvalue weighted by atomic mass is 9.83. The summed E-state index contributed by atoms with van der Waals surface area (Å²) in [6, 6.07) is 0.673. The summed E-state index contributed by atoms with van der Waals surface area (Å²) in [7, 11) is 2.27. The normalized spacial score (nSPS) is 36.5. The van der Waals surface area contributed by atoms with Crippen molar-refractivity contribution in [1.29, 1.82) is 0 Å². The zero-order chi connectivity index (χ0) is 15.4. The van der Waals surface area contributed by atoms with Crippen LogP contribution in [0, 0.1) is 11.8 Å². The number of rotatable bonds is 4. The van der Waals surface area contributed by atoms with Gasteiger partial charge in [-0.1, -0.05) is 32.1 Å². The molecular weight excluding hydrogens is 274 g/mol. The Morgan fingerprint density at radius 1 is 1.05 bits per heavy atom. The van der Waals surface area contributed by atoms with Gasteiger partial charge >= 0.3 is 0 Å². The highest BCUT2D eigenvalue weighted by Crippen LogP contribution is 2.31. The molecule has 0 aromatic rings. The van der Waals surface area contributed by atoms with E-state index in [4.69, 9.17) is 0 Å². The van der Waals surface area contributed by atoms with E-state index in [1.807, 2.05) is 0 Å². The summed E-state index contributed by atoms with van der Waals surface area (Å²) in [4.78, 5) is 5.22. The molecular formula is C18H35N3O. The second kappa shape index (κ2) is 8.09. The number of piperidine rings is 1. The fourth-order valence-electron chi connectivity index (χ4n) is 4.93. The second-order valence-electron chi connectivity index (χ2n) is 7.88. The first-order valence-corrected chi connectivity index (χ1v) is 9.56. The van der Waals surface area contributed by atoms with Crippen molar-refractivity contribution < 1.29 is 5.11 Å². The Balaban J connectivity index is 1.65. The smallest absolute Gasteiger partial charge is 0.0651 e. The largest absolute Gasteiger partial charge is 0.396 e. The van der Waals surface area contributed by atoms with E-state index in [0.29, 0.717) is 24.7 Å². The predicted molar refractivity (Wildman–Crippen MR) is 90.8 cm³/mol. The van der Waals surface area contributed by atoms with Crippen LogP contribution in [-0.4, -0.2) is 66.9 Å². The minimum Gasteiger partial charge on any atom is -0.396 e. The maximum absolute atomic E-state index is 9.77. The topological polar surface area (TPSA) is 38.7 Å². The maximum atomic E-state index is 9.77. The number of nitrogens with zero attached hydrogens (tertiary/aromatic N) is 2. The summed E-state index contributed by atoms with van der Waals surface area (Å²) in [5, 5.41) is 13.5. The maximum Gasteiger partial charge on any atom is 0.0651 e. The van der Waals surface area contributed by atoms with Gasteiger partial charge in [0.05, 0.1) is 6.17 Å². The van der Waals surface area contributed by atoms with E-state index >= 15 is 0 Å². The van der Waals surface area contributed by atoms with Crippen LogP contribution in [0.2, 0.25) is 0 Å². The fraction of sp³-hybridized carbons (Fsp3) is 1.00. The Morgan fingerprint density at radius 3 is 2.64 bits per heavy atom. The molecule has 128 valence electrons. The summed E-state index contributed by atoms with van der Waals surface area (Å²) < 4.78 is 0. The number of nitrogens with one attached hydrogen (secondary N) is 1. The van der Waals surface area contributed by atoms with Crippen LogP contribution in [0.5, 0.6) is 0 Å². The van der Waals surface area contributed by atoms with E-state index in [2.05, 4.69) is 22.2 Å². The number of likely N-dealkylation sites (N-methyl/N-ethyl adjacent to an activating group) is 1. The molecule has 4 nitrogen and oxygen atoms in total. The third-order valence-electron chi connectivity index (χ3n) is 6.21. The van der Waals surface area contributed by atoms with Crippen molar-refractivity contribution in [2.45, 2.75) is 63.6 Å². The van der Waals surface area contributed by atoms with Crippen LogP contribution in [-0.2, 0) is 0 Å². The van der Waals surface area contributed by atoms with E-state index in [1.165, 1.54) is 57.9 Å². The third kappa shape index (κ3) is 4.02. The molecule has 22 heavy (non-hydrogen) atoms. The highest BCUT2D eigenvalue weighted by atomic mass is 16.3. The van der Waals surface area contributed by atoms with Crippen LogP contribution < -0.4 is 5.32 Å². The summed E-state index contributed by atoms with van der Waals surface area (Å²) >= 11 is 0. The van der Waals surface area contributed by atoms with Crippen molar-refractivity contribution in [1.82, 2.24) is 15.1 Å². The Labute approximate surface area is 136 Å². The molecule has 0 spiro atoms. The van der Waals surface area contributed by atoms with Crippen LogP contribution >= 0.6 is 0 Å². The minimum atomic E-state index is 0.333. The standard InChI is InChI=1S/C18H35N3O/c1-20-10-11-21(18-16(14-22)8-5-9-19-18)17(13-20)12-15-6-3-2-4-7-15/h15-19,22H,2-14H2,1H3. The molecule has 2 N–H and O–H groups in total. The molecule has 0 radical (unpaired) electrons. The molecule has 0 aromatic carbocycles. The van der Waals surface area contributed by atoms with Gasteiger partial charge in [0.2, 0.25) is 0 Å². The molecule has 2 aliphatic heterocycles. The molecule has 3 fully saturated rings. The van der Waals surface area contributed by atoms with Crippen LogP contribution in [0.15, 0.2) is 0 Å². The zero-order valence-corrected chi connectivity index (χ0v) is 14.3. The van der Waals surface area contributed by atoms with Gasteiger partial charge in [-0.3, -0.25) is 4.90 Å². The highest BCUT2D eigenvalue weighted by molar-refractivity contribution is 4.91. The molecule has 2 heterocycles. The van der Waals surface area contributed by atoms with E-state index in [9.17, 15) is 5.11 Å². The number of aliphatic hydroxyl groups is 1. The molecule has 0 bridgehead atoms. The molecule has 3 rings (SSSR count). The van der Waals surface area contributed by atoms with Crippen LogP contribution in [0.25, 0.3) is 0 Å². The molecule has 3 unspecified atom stereocenters. The molecule has 3 atom stereocenters. The average molecular weight is 309 g/mol. The van der Waals surface area contributed by atoms with Gasteiger partial charge < -0.3 is 15.3 Å². The minimum absolute atomic E-state index is 0.333. The number of piperazine rings is 1. The van der Waals surface area contributed by atoms with Crippen molar-refractivity contribution in [3.05, 3.63) is 0 Å². The first-order valence-electron chi connectivity index (χ1n) is 9.56. The SMILES string of the molecule is CN1CCN(C2NCCCC2CO)C(CC2CCCCC2)C1. The lowest BCUT2D eigenvalue weighted by Crippen LogP contribution is -2.63. The van der Waals surface area contributed by atoms with E-state index in [0.717, 1.165) is 25.6 Å². The molecule has 1 aliphatic carbocycles. The van der Waals surface area contributed by atoms with Gasteiger partial charge in [-0.2, -0.15) is 0 Å².